The molecule has 1 saturated heterocycles. The Hall–Kier alpha value is -0.950. The number of pyridine rings is 1. The molecule has 0 radical (unpaired) electrons. The van der Waals surface area contributed by atoms with Crippen LogP contribution in [0.2, 0.25) is 0 Å². The lowest BCUT2D eigenvalue weighted by atomic mass is 10.2. The van der Waals surface area contributed by atoms with Crippen LogP contribution in [0.4, 0.5) is 19.0 Å². The van der Waals surface area contributed by atoms with Gasteiger partial charge in [-0.2, -0.15) is 13.2 Å². The van der Waals surface area contributed by atoms with Gasteiger partial charge in [-0.05, 0) is 24.8 Å². The maximum Gasteiger partial charge on any atom is 0.419 e. The first kappa shape index (κ1) is 15.4. The van der Waals surface area contributed by atoms with Gasteiger partial charge in [-0.15, -0.1) is 11.8 Å². The quantitative estimate of drug-likeness (QED) is 0.869. The van der Waals surface area contributed by atoms with Crippen LogP contribution in [0.25, 0.3) is 0 Å². The van der Waals surface area contributed by atoms with E-state index in [0.717, 1.165) is 37.5 Å². The number of nitrogens with one attached hydrogen (secondary N) is 1. The molecule has 7 heteroatoms. The minimum absolute atomic E-state index is 0.0729. The molecule has 1 aliphatic heterocycles. The molecule has 2 rings (SSSR count). The Morgan fingerprint density at radius 3 is 2.80 bits per heavy atom. The fourth-order valence-corrected chi connectivity index (χ4v) is 2.98. The van der Waals surface area contributed by atoms with E-state index in [9.17, 15) is 13.2 Å². The van der Waals surface area contributed by atoms with Gasteiger partial charge in [-0.1, -0.05) is 6.92 Å². The molecule has 2 heterocycles. The van der Waals surface area contributed by atoms with E-state index < -0.39 is 11.7 Å². The molecule has 1 aromatic heterocycles. The molecule has 1 aromatic rings. The predicted octanol–water partition coefficient (Wildman–Crippen LogP) is 3.01. The lowest BCUT2D eigenvalue weighted by molar-refractivity contribution is -0.140. The monoisotopic (exact) mass is 305 g/mol. The number of hydrogen-bond donors (Lipinski definition) is 1. The Balaban J connectivity index is 2.29. The minimum atomic E-state index is -4.35. The van der Waals surface area contributed by atoms with Crippen molar-refractivity contribution in [2.24, 2.45) is 0 Å². The number of thioether (sulfide) groups is 1. The fourth-order valence-electron chi connectivity index (χ4n) is 2.21. The molecule has 0 bridgehead atoms. The van der Waals surface area contributed by atoms with E-state index in [4.69, 9.17) is 0 Å². The van der Waals surface area contributed by atoms with Crippen molar-refractivity contribution in [2.75, 3.05) is 30.3 Å². The maximum atomic E-state index is 12.9. The molecule has 1 aliphatic rings. The van der Waals surface area contributed by atoms with Crippen LogP contribution in [0.15, 0.2) is 17.2 Å². The van der Waals surface area contributed by atoms with Gasteiger partial charge in [0.25, 0.3) is 0 Å². The van der Waals surface area contributed by atoms with Gasteiger partial charge in [0.05, 0.1) is 5.56 Å². The van der Waals surface area contributed by atoms with Crippen LogP contribution < -0.4 is 10.2 Å². The van der Waals surface area contributed by atoms with Crippen molar-refractivity contribution in [2.45, 2.75) is 31.1 Å². The van der Waals surface area contributed by atoms with E-state index in [1.165, 1.54) is 6.07 Å². The second-order valence-corrected chi connectivity index (χ2v) is 6.01. The highest BCUT2D eigenvalue weighted by Gasteiger charge is 2.34. The zero-order valence-corrected chi connectivity index (χ0v) is 12.3. The molecule has 20 heavy (non-hydrogen) atoms. The highest BCUT2D eigenvalue weighted by Crippen LogP contribution is 2.36. The normalized spacial score (nSPS) is 20.2. The molecule has 1 unspecified atom stereocenters. The summed E-state index contributed by atoms with van der Waals surface area (Å²) in [4.78, 5) is 6.26. The topological polar surface area (TPSA) is 28.2 Å². The second-order valence-electron chi connectivity index (χ2n) is 4.75. The fraction of sp³-hybridized carbons (Fsp3) is 0.615. The summed E-state index contributed by atoms with van der Waals surface area (Å²) in [6.07, 6.45) is -4.35. The summed E-state index contributed by atoms with van der Waals surface area (Å²) in [5, 5.41) is 3.38. The number of piperazine rings is 1. The summed E-state index contributed by atoms with van der Waals surface area (Å²) in [5.74, 6) is 1.19. The summed E-state index contributed by atoms with van der Waals surface area (Å²) < 4.78 is 38.8. The van der Waals surface area contributed by atoms with Crippen molar-refractivity contribution in [3.8, 4) is 0 Å². The second kappa shape index (κ2) is 6.22. The van der Waals surface area contributed by atoms with Gasteiger partial charge in [-0.25, -0.2) is 4.98 Å². The zero-order valence-electron chi connectivity index (χ0n) is 11.5. The number of hydrogen-bond acceptors (Lipinski definition) is 4. The third kappa shape index (κ3) is 3.58. The lowest BCUT2D eigenvalue weighted by Crippen LogP contribution is -2.49. The van der Waals surface area contributed by atoms with Crippen molar-refractivity contribution < 1.29 is 13.2 Å². The molecule has 1 N–H and O–H groups in total. The summed E-state index contributed by atoms with van der Waals surface area (Å²) in [6.45, 7) is 6.22. The van der Waals surface area contributed by atoms with Gasteiger partial charge in [0.15, 0.2) is 0 Å². The van der Waals surface area contributed by atoms with Crippen LogP contribution in [0, 0.1) is 0 Å². The van der Waals surface area contributed by atoms with Gasteiger partial charge in [0.1, 0.15) is 10.8 Å². The first-order valence-corrected chi connectivity index (χ1v) is 7.59. The highest BCUT2D eigenvalue weighted by molar-refractivity contribution is 7.99. The number of aromatic nitrogens is 1. The standard InChI is InChI=1S/C13H18F3N3S/c1-3-20-12-10(13(14,15)16)4-5-11(18-12)19-7-6-17-9(2)8-19/h4-5,9,17H,3,6-8H2,1-2H3. The molecule has 1 atom stereocenters. The van der Waals surface area contributed by atoms with Crippen LogP contribution in [0.5, 0.6) is 0 Å². The number of anilines is 1. The van der Waals surface area contributed by atoms with Crippen molar-refractivity contribution >= 4 is 17.6 Å². The highest BCUT2D eigenvalue weighted by atomic mass is 32.2. The van der Waals surface area contributed by atoms with Crippen LogP contribution in [-0.2, 0) is 6.18 Å². The number of halogens is 3. The average Bonchev–Trinajstić information content (AvgIpc) is 2.38. The molecule has 1 fully saturated rings. The largest absolute Gasteiger partial charge is 0.419 e. The van der Waals surface area contributed by atoms with Crippen LogP contribution in [0.3, 0.4) is 0 Å². The molecule has 0 saturated carbocycles. The summed E-state index contributed by atoms with van der Waals surface area (Å²) in [7, 11) is 0. The molecule has 0 aromatic carbocycles. The van der Waals surface area contributed by atoms with Gasteiger partial charge in [-0.3, -0.25) is 0 Å². The Kier molecular flexibility index (Phi) is 4.80. The summed E-state index contributed by atoms with van der Waals surface area (Å²) >= 11 is 1.13. The van der Waals surface area contributed by atoms with Crippen molar-refractivity contribution in [1.82, 2.24) is 10.3 Å². The SMILES string of the molecule is CCSc1nc(N2CCNC(C)C2)ccc1C(F)(F)F. The van der Waals surface area contributed by atoms with E-state index in [2.05, 4.69) is 17.2 Å². The van der Waals surface area contributed by atoms with Gasteiger partial charge < -0.3 is 10.2 Å². The molecule has 0 amide bonds. The van der Waals surface area contributed by atoms with Crippen molar-refractivity contribution in [3.05, 3.63) is 17.7 Å². The van der Waals surface area contributed by atoms with E-state index in [-0.39, 0.29) is 5.03 Å². The van der Waals surface area contributed by atoms with Gasteiger partial charge in [0.2, 0.25) is 0 Å². The first-order valence-electron chi connectivity index (χ1n) is 6.61. The third-order valence-electron chi connectivity index (χ3n) is 3.12. The molecule has 0 spiro atoms. The summed E-state index contributed by atoms with van der Waals surface area (Å²) in [6, 6.07) is 2.93. The Morgan fingerprint density at radius 1 is 1.45 bits per heavy atom. The summed E-state index contributed by atoms with van der Waals surface area (Å²) in [5.41, 5.74) is -0.642. The smallest absolute Gasteiger partial charge is 0.354 e. The van der Waals surface area contributed by atoms with E-state index in [0.29, 0.717) is 17.6 Å². The van der Waals surface area contributed by atoms with Crippen LogP contribution in [0.1, 0.15) is 19.4 Å². The van der Waals surface area contributed by atoms with Gasteiger partial charge in [0, 0.05) is 25.7 Å². The van der Waals surface area contributed by atoms with Gasteiger partial charge >= 0.3 is 6.18 Å². The van der Waals surface area contributed by atoms with Crippen LogP contribution >= 0.6 is 11.8 Å². The molecule has 112 valence electrons. The number of rotatable bonds is 3. The van der Waals surface area contributed by atoms with E-state index in [1.807, 2.05) is 11.8 Å². The number of alkyl halides is 3. The van der Waals surface area contributed by atoms with Crippen LogP contribution in [-0.4, -0.2) is 36.4 Å². The number of nitrogens with zero attached hydrogens (tertiary/aromatic N) is 2. The van der Waals surface area contributed by atoms with Crippen molar-refractivity contribution in [1.29, 1.82) is 0 Å². The van der Waals surface area contributed by atoms with Crippen molar-refractivity contribution in [3.63, 3.8) is 0 Å². The zero-order chi connectivity index (χ0) is 14.8. The average molecular weight is 305 g/mol. The maximum absolute atomic E-state index is 12.9. The Bertz CT molecular complexity index is 465. The molecule has 3 nitrogen and oxygen atoms in total. The Labute approximate surface area is 120 Å². The third-order valence-corrected chi connectivity index (χ3v) is 4.00. The first-order chi connectivity index (χ1) is 9.41. The molecular formula is C13H18F3N3S. The molecular weight excluding hydrogens is 287 g/mol. The predicted molar refractivity (Wildman–Crippen MR) is 75.3 cm³/mol. The Morgan fingerprint density at radius 2 is 2.20 bits per heavy atom. The van der Waals surface area contributed by atoms with E-state index >= 15 is 0 Å². The molecule has 0 aliphatic carbocycles. The minimum Gasteiger partial charge on any atom is -0.354 e. The lowest BCUT2D eigenvalue weighted by Gasteiger charge is -2.33. The van der Waals surface area contributed by atoms with E-state index in [1.54, 1.807) is 0 Å².